The molecule has 1 aromatic carbocycles. The zero-order chi connectivity index (χ0) is 21.1. The molecule has 0 unspecified atom stereocenters. The SMILES string of the molecule is O=C(CSc1nnc(-c2c[nH]c3ccccc23)n1Cc1ccco1)NCC(F)(F)F. The minimum absolute atomic E-state index is 0.222. The van der Waals surface area contributed by atoms with E-state index in [0.717, 1.165) is 28.2 Å². The van der Waals surface area contributed by atoms with Crippen LogP contribution in [0.4, 0.5) is 13.2 Å². The van der Waals surface area contributed by atoms with Crippen molar-refractivity contribution in [2.75, 3.05) is 12.3 Å². The predicted molar refractivity (Wildman–Crippen MR) is 105 cm³/mol. The Morgan fingerprint density at radius 3 is 2.80 bits per heavy atom. The molecule has 4 rings (SSSR count). The molecule has 30 heavy (non-hydrogen) atoms. The fourth-order valence-electron chi connectivity index (χ4n) is 2.93. The number of thioether (sulfide) groups is 1. The first-order valence-electron chi connectivity index (χ1n) is 8.89. The predicted octanol–water partition coefficient (Wildman–Crippen LogP) is 3.84. The van der Waals surface area contributed by atoms with Crippen LogP contribution in [0.3, 0.4) is 0 Å². The van der Waals surface area contributed by atoms with E-state index in [0.29, 0.717) is 23.3 Å². The number of hydrogen-bond acceptors (Lipinski definition) is 5. The van der Waals surface area contributed by atoms with Gasteiger partial charge in [0.1, 0.15) is 12.3 Å². The van der Waals surface area contributed by atoms with Crippen LogP contribution < -0.4 is 5.32 Å². The second-order valence-corrected chi connectivity index (χ2v) is 7.34. The van der Waals surface area contributed by atoms with E-state index in [2.05, 4.69) is 15.2 Å². The summed E-state index contributed by atoms with van der Waals surface area (Å²) < 4.78 is 44.0. The molecule has 0 aliphatic carbocycles. The lowest BCUT2D eigenvalue weighted by Gasteiger charge is -2.10. The van der Waals surface area contributed by atoms with E-state index in [1.54, 1.807) is 23.0 Å². The fourth-order valence-corrected chi connectivity index (χ4v) is 3.70. The van der Waals surface area contributed by atoms with E-state index in [9.17, 15) is 18.0 Å². The van der Waals surface area contributed by atoms with E-state index in [4.69, 9.17) is 4.42 Å². The van der Waals surface area contributed by atoms with Crippen LogP contribution in [-0.4, -0.2) is 44.1 Å². The lowest BCUT2D eigenvalue weighted by Crippen LogP contribution is -2.34. The van der Waals surface area contributed by atoms with Crippen LogP contribution in [0.1, 0.15) is 5.76 Å². The van der Waals surface area contributed by atoms with Gasteiger partial charge >= 0.3 is 6.18 Å². The molecular weight excluding hydrogens is 419 g/mol. The Hall–Kier alpha value is -3.21. The number of alkyl halides is 3. The van der Waals surface area contributed by atoms with Gasteiger partial charge in [-0.3, -0.25) is 9.36 Å². The summed E-state index contributed by atoms with van der Waals surface area (Å²) >= 11 is 1.01. The number of para-hydroxylation sites is 1. The average molecular weight is 435 g/mol. The number of hydrogen-bond donors (Lipinski definition) is 2. The molecule has 0 radical (unpaired) electrons. The Morgan fingerprint density at radius 1 is 1.20 bits per heavy atom. The third-order valence-electron chi connectivity index (χ3n) is 4.26. The smallest absolute Gasteiger partial charge is 0.405 e. The minimum Gasteiger partial charge on any atom is -0.467 e. The Balaban J connectivity index is 1.60. The Morgan fingerprint density at radius 2 is 2.03 bits per heavy atom. The van der Waals surface area contributed by atoms with Crippen molar-refractivity contribution in [1.82, 2.24) is 25.1 Å². The largest absolute Gasteiger partial charge is 0.467 e. The molecular formula is C19H16F3N5O2S. The molecule has 156 valence electrons. The first-order valence-corrected chi connectivity index (χ1v) is 9.87. The molecule has 11 heteroatoms. The highest BCUT2D eigenvalue weighted by atomic mass is 32.2. The highest BCUT2D eigenvalue weighted by Gasteiger charge is 2.28. The Bertz CT molecular complexity index is 1150. The monoisotopic (exact) mass is 435 g/mol. The summed E-state index contributed by atoms with van der Waals surface area (Å²) in [5, 5.41) is 11.6. The van der Waals surface area contributed by atoms with Crippen molar-refractivity contribution in [1.29, 1.82) is 0 Å². The summed E-state index contributed by atoms with van der Waals surface area (Å²) in [7, 11) is 0. The summed E-state index contributed by atoms with van der Waals surface area (Å²) in [6.07, 6.45) is -1.09. The van der Waals surface area contributed by atoms with E-state index >= 15 is 0 Å². The van der Waals surface area contributed by atoms with Gasteiger partial charge in [-0.25, -0.2) is 0 Å². The number of benzene rings is 1. The zero-order valence-electron chi connectivity index (χ0n) is 15.4. The standard InChI is InChI=1S/C19H16F3N5O2S/c20-19(21,22)11-24-16(28)10-30-18-26-25-17(27(18)9-12-4-3-7-29-12)14-8-23-15-6-2-1-5-13(14)15/h1-8,23H,9-11H2,(H,24,28). The number of carbonyl (C=O) groups is 1. The van der Waals surface area contributed by atoms with Crippen LogP contribution in [0.2, 0.25) is 0 Å². The van der Waals surface area contributed by atoms with Gasteiger partial charge in [-0.15, -0.1) is 10.2 Å². The number of nitrogens with one attached hydrogen (secondary N) is 2. The molecule has 3 aromatic heterocycles. The second kappa shape index (κ2) is 8.27. The first-order chi connectivity index (χ1) is 14.4. The van der Waals surface area contributed by atoms with Gasteiger partial charge in [-0.05, 0) is 18.2 Å². The lowest BCUT2D eigenvalue weighted by atomic mass is 10.1. The number of H-pyrrole nitrogens is 1. The van der Waals surface area contributed by atoms with Gasteiger partial charge in [-0.1, -0.05) is 30.0 Å². The molecule has 0 bridgehead atoms. The van der Waals surface area contributed by atoms with E-state index < -0.39 is 18.6 Å². The number of aromatic nitrogens is 4. The van der Waals surface area contributed by atoms with E-state index in [1.807, 2.05) is 35.8 Å². The van der Waals surface area contributed by atoms with Crippen LogP contribution in [0.5, 0.6) is 0 Å². The summed E-state index contributed by atoms with van der Waals surface area (Å²) in [4.78, 5) is 15.0. The van der Waals surface area contributed by atoms with E-state index in [1.165, 1.54) is 0 Å². The number of nitrogens with zero attached hydrogens (tertiary/aromatic N) is 3. The van der Waals surface area contributed by atoms with Crippen LogP contribution in [0, 0.1) is 0 Å². The van der Waals surface area contributed by atoms with Gasteiger partial charge in [-0.2, -0.15) is 13.2 Å². The third-order valence-corrected chi connectivity index (χ3v) is 5.23. The number of carbonyl (C=O) groups excluding carboxylic acids is 1. The molecule has 0 aliphatic heterocycles. The second-order valence-electron chi connectivity index (χ2n) is 6.40. The van der Waals surface area contributed by atoms with Crippen LogP contribution in [0.15, 0.2) is 58.4 Å². The molecule has 2 N–H and O–H groups in total. The van der Waals surface area contributed by atoms with Gasteiger partial charge in [0, 0.05) is 22.7 Å². The molecule has 4 aromatic rings. The molecule has 0 aliphatic rings. The van der Waals surface area contributed by atoms with Crippen molar-refractivity contribution < 1.29 is 22.4 Å². The maximum absolute atomic E-state index is 12.3. The van der Waals surface area contributed by atoms with Crippen molar-refractivity contribution in [2.24, 2.45) is 0 Å². The van der Waals surface area contributed by atoms with Crippen molar-refractivity contribution in [3.05, 3.63) is 54.6 Å². The van der Waals surface area contributed by atoms with Gasteiger partial charge < -0.3 is 14.7 Å². The quantitative estimate of drug-likeness (QED) is 0.431. The maximum atomic E-state index is 12.3. The van der Waals surface area contributed by atoms with Gasteiger partial charge in [0.05, 0.1) is 18.6 Å². The van der Waals surface area contributed by atoms with Crippen molar-refractivity contribution in [3.8, 4) is 11.4 Å². The number of furan rings is 1. The summed E-state index contributed by atoms with van der Waals surface area (Å²) in [6, 6.07) is 11.3. The average Bonchev–Trinajstić information content (AvgIpc) is 3.44. The first kappa shape index (κ1) is 20.1. The number of aromatic amines is 1. The highest BCUT2D eigenvalue weighted by Crippen LogP contribution is 2.30. The van der Waals surface area contributed by atoms with Crippen LogP contribution >= 0.6 is 11.8 Å². The summed E-state index contributed by atoms with van der Waals surface area (Å²) in [5.74, 6) is 0.250. The van der Waals surface area contributed by atoms with Crippen LogP contribution in [0.25, 0.3) is 22.3 Å². The number of rotatable bonds is 7. The fraction of sp³-hybridized carbons (Fsp3) is 0.211. The molecule has 0 saturated carbocycles. The number of fused-ring (bicyclic) bond motifs is 1. The molecule has 1 amide bonds. The maximum Gasteiger partial charge on any atom is 0.405 e. The van der Waals surface area contributed by atoms with Gasteiger partial charge in [0.2, 0.25) is 5.91 Å². The summed E-state index contributed by atoms with van der Waals surface area (Å²) in [5.41, 5.74) is 1.75. The minimum atomic E-state index is -4.46. The molecule has 0 atom stereocenters. The van der Waals surface area contributed by atoms with Crippen molar-refractivity contribution in [3.63, 3.8) is 0 Å². The van der Waals surface area contributed by atoms with Gasteiger partial charge in [0.25, 0.3) is 0 Å². The number of halogens is 3. The lowest BCUT2D eigenvalue weighted by molar-refractivity contribution is -0.136. The molecule has 7 nitrogen and oxygen atoms in total. The Labute approximate surface area is 172 Å². The normalized spacial score (nSPS) is 11.8. The van der Waals surface area contributed by atoms with Crippen molar-refractivity contribution >= 4 is 28.6 Å². The molecule has 0 spiro atoms. The van der Waals surface area contributed by atoms with E-state index in [-0.39, 0.29) is 5.75 Å². The summed E-state index contributed by atoms with van der Waals surface area (Å²) in [6.45, 7) is -1.06. The topological polar surface area (TPSA) is 88.7 Å². The Kier molecular flexibility index (Phi) is 5.53. The third kappa shape index (κ3) is 4.51. The van der Waals surface area contributed by atoms with Crippen molar-refractivity contribution in [2.45, 2.75) is 17.9 Å². The zero-order valence-corrected chi connectivity index (χ0v) is 16.3. The molecule has 0 saturated heterocycles. The molecule has 0 fully saturated rings. The van der Waals surface area contributed by atoms with Crippen LogP contribution in [-0.2, 0) is 11.3 Å². The highest BCUT2D eigenvalue weighted by molar-refractivity contribution is 7.99. The molecule has 3 heterocycles. The van der Waals surface area contributed by atoms with Gasteiger partial charge in [0.15, 0.2) is 11.0 Å². The number of amides is 1.